The summed E-state index contributed by atoms with van der Waals surface area (Å²) in [5, 5.41) is 32.6. The number of carbonyl (C=O) groups excluding carboxylic acids is 2. The van der Waals surface area contributed by atoms with Gasteiger partial charge in [-0.2, -0.15) is 9.97 Å². The molecular formula is C32H42N12O6. The van der Waals surface area contributed by atoms with Crippen LogP contribution in [-0.4, -0.2) is 102 Å². The molecule has 266 valence electrons. The van der Waals surface area contributed by atoms with Gasteiger partial charge >= 0.3 is 5.97 Å². The van der Waals surface area contributed by atoms with Crippen LogP contribution >= 0.6 is 0 Å². The number of aromatic nitrogens is 7. The lowest BCUT2D eigenvalue weighted by Gasteiger charge is -2.19. The highest BCUT2D eigenvalue weighted by atomic mass is 16.5. The first-order valence-electron chi connectivity index (χ1n) is 16.2. The van der Waals surface area contributed by atoms with Gasteiger partial charge in [-0.15, -0.1) is 5.10 Å². The first-order chi connectivity index (χ1) is 24.0. The quantitative estimate of drug-likeness (QED) is 0.0765. The highest BCUT2D eigenvalue weighted by molar-refractivity contribution is 5.97. The van der Waals surface area contributed by atoms with Crippen LogP contribution < -0.4 is 27.0 Å². The highest BCUT2D eigenvalue weighted by Crippen LogP contribution is 2.52. The monoisotopic (exact) mass is 690 g/mol. The van der Waals surface area contributed by atoms with Crippen molar-refractivity contribution < 1.29 is 29.3 Å². The van der Waals surface area contributed by atoms with Gasteiger partial charge in [-0.1, -0.05) is 12.1 Å². The number of fused-ring (bicyclic) bond motifs is 1. The Morgan fingerprint density at radius 1 is 1.16 bits per heavy atom. The lowest BCUT2D eigenvalue weighted by Crippen LogP contribution is -2.41. The van der Waals surface area contributed by atoms with Crippen LogP contribution in [0, 0.1) is 5.92 Å². The summed E-state index contributed by atoms with van der Waals surface area (Å²) in [7, 11) is 1.84. The van der Waals surface area contributed by atoms with E-state index in [1.54, 1.807) is 35.1 Å². The summed E-state index contributed by atoms with van der Waals surface area (Å²) in [5.41, 5.74) is 14.6. The smallest absolute Gasteiger partial charge is 0.326 e. The number of anilines is 3. The van der Waals surface area contributed by atoms with E-state index >= 15 is 0 Å². The highest BCUT2D eigenvalue weighted by Gasteiger charge is 2.52. The van der Waals surface area contributed by atoms with Gasteiger partial charge in [-0.25, -0.2) is 19.4 Å². The van der Waals surface area contributed by atoms with Gasteiger partial charge in [-0.05, 0) is 49.4 Å². The number of aliphatic hydroxyl groups excluding tert-OH is 1. The Kier molecular flexibility index (Phi) is 11.3. The van der Waals surface area contributed by atoms with E-state index in [-0.39, 0.29) is 54.0 Å². The number of aliphatic hydroxyl groups is 1. The lowest BCUT2D eigenvalue weighted by atomic mass is 10.0. The molecule has 3 atom stereocenters. The molecule has 4 aromatic rings. The number of benzene rings is 1. The summed E-state index contributed by atoms with van der Waals surface area (Å²) in [5.74, 6) is -1.75. The van der Waals surface area contributed by atoms with Crippen molar-refractivity contribution in [2.24, 2.45) is 5.92 Å². The largest absolute Gasteiger partial charge is 0.480 e. The van der Waals surface area contributed by atoms with Crippen LogP contribution in [0.15, 0.2) is 36.7 Å². The summed E-state index contributed by atoms with van der Waals surface area (Å²) in [4.78, 5) is 55.6. The Bertz CT molecular complexity index is 1820. The van der Waals surface area contributed by atoms with Gasteiger partial charge in [0, 0.05) is 56.1 Å². The zero-order chi connectivity index (χ0) is 35.8. The Hall–Kier alpha value is -5.49. The third kappa shape index (κ3) is 8.94. The van der Waals surface area contributed by atoms with Gasteiger partial charge in [0.05, 0.1) is 37.3 Å². The van der Waals surface area contributed by atoms with Crippen LogP contribution in [-0.2, 0) is 32.8 Å². The second kappa shape index (κ2) is 15.8. The van der Waals surface area contributed by atoms with Crippen LogP contribution in [0.25, 0.3) is 11.2 Å². The van der Waals surface area contributed by atoms with Crippen molar-refractivity contribution in [1.29, 1.82) is 0 Å². The zero-order valence-corrected chi connectivity index (χ0v) is 27.9. The van der Waals surface area contributed by atoms with E-state index in [4.69, 9.17) is 16.2 Å². The number of carboxylic acids is 1. The van der Waals surface area contributed by atoms with Gasteiger partial charge in [0.1, 0.15) is 6.04 Å². The number of aliphatic carboxylic acids is 1. The van der Waals surface area contributed by atoms with E-state index in [0.717, 1.165) is 17.8 Å². The SMILES string of the molecule is CN(Cc1cnc2nc(N)nc(N)c2n1)c1ccc(C(=O)NC(CCC(=O)NCCCOCCn2cc(C3(C)CC3CO)nn2)C(=O)O)cc1. The molecule has 0 bridgehead atoms. The molecule has 8 N–H and O–H groups in total. The predicted octanol–water partition coefficient (Wildman–Crippen LogP) is 0.268. The fourth-order valence-electron chi connectivity index (χ4n) is 5.49. The molecular weight excluding hydrogens is 648 g/mol. The average molecular weight is 691 g/mol. The maximum Gasteiger partial charge on any atom is 0.326 e. The number of carbonyl (C=O) groups is 3. The maximum absolute atomic E-state index is 12.8. The van der Waals surface area contributed by atoms with Crippen LogP contribution in [0.3, 0.4) is 0 Å². The number of hydrogen-bond donors (Lipinski definition) is 6. The molecule has 3 unspecified atom stereocenters. The first kappa shape index (κ1) is 35.8. The van der Waals surface area contributed by atoms with E-state index in [1.807, 2.05) is 18.1 Å². The maximum atomic E-state index is 12.8. The third-order valence-electron chi connectivity index (χ3n) is 8.74. The minimum absolute atomic E-state index is 0.0138. The Balaban J connectivity index is 0.988. The third-order valence-corrected chi connectivity index (χ3v) is 8.74. The van der Waals surface area contributed by atoms with Crippen molar-refractivity contribution in [3.63, 3.8) is 0 Å². The number of nitrogens with zero attached hydrogens (tertiary/aromatic N) is 8. The van der Waals surface area contributed by atoms with Crippen LogP contribution in [0.5, 0.6) is 0 Å². The summed E-state index contributed by atoms with van der Waals surface area (Å²) < 4.78 is 7.35. The Morgan fingerprint density at radius 2 is 1.94 bits per heavy atom. The number of carboxylic acid groups (broad SMARTS) is 1. The molecule has 1 fully saturated rings. The molecule has 2 amide bonds. The van der Waals surface area contributed by atoms with Crippen LogP contribution in [0.4, 0.5) is 17.5 Å². The van der Waals surface area contributed by atoms with Crippen LogP contribution in [0.2, 0.25) is 0 Å². The minimum Gasteiger partial charge on any atom is -0.480 e. The number of nitrogen functional groups attached to an aromatic ring is 2. The zero-order valence-electron chi connectivity index (χ0n) is 27.9. The molecule has 1 aromatic carbocycles. The molecule has 0 spiro atoms. The molecule has 1 aliphatic rings. The molecule has 5 rings (SSSR count). The summed E-state index contributed by atoms with van der Waals surface area (Å²) in [6.07, 6.45) is 4.78. The molecule has 50 heavy (non-hydrogen) atoms. The molecule has 0 aliphatic heterocycles. The van der Waals surface area contributed by atoms with E-state index < -0.39 is 17.9 Å². The van der Waals surface area contributed by atoms with Crippen molar-refractivity contribution in [3.8, 4) is 0 Å². The van der Waals surface area contributed by atoms with Crippen molar-refractivity contribution in [3.05, 3.63) is 53.6 Å². The normalized spacial score (nSPS) is 17.3. The molecule has 18 heteroatoms. The molecule has 0 radical (unpaired) electrons. The molecule has 3 aromatic heterocycles. The topological polar surface area (TPSA) is 263 Å². The van der Waals surface area contributed by atoms with Crippen molar-refractivity contribution >= 4 is 46.4 Å². The lowest BCUT2D eigenvalue weighted by molar-refractivity contribution is -0.139. The van der Waals surface area contributed by atoms with E-state index in [0.29, 0.717) is 56.1 Å². The molecule has 3 heterocycles. The van der Waals surface area contributed by atoms with Crippen molar-refractivity contribution in [2.45, 2.75) is 57.2 Å². The van der Waals surface area contributed by atoms with Gasteiger partial charge in [0.15, 0.2) is 17.0 Å². The van der Waals surface area contributed by atoms with Crippen molar-refractivity contribution in [2.75, 3.05) is 49.8 Å². The van der Waals surface area contributed by atoms with E-state index in [1.165, 1.54) is 0 Å². The minimum atomic E-state index is -1.24. The first-order valence-corrected chi connectivity index (χ1v) is 16.2. The Labute approximate surface area is 287 Å². The number of hydrogen-bond acceptors (Lipinski definition) is 14. The van der Waals surface area contributed by atoms with Crippen molar-refractivity contribution in [1.82, 2.24) is 45.6 Å². The average Bonchev–Trinajstić information content (AvgIpc) is 3.53. The predicted molar refractivity (Wildman–Crippen MR) is 182 cm³/mol. The number of rotatable bonds is 18. The molecule has 0 saturated heterocycles. The van der Waals surface area contributed by atoms with Gasteiger partial charge in [-0.3, -0.25) is 9.59 Å². The number of amides is 2. The number of nitrogens with two attached hydrogens (primary N) is 2. The molecule has 18 nitrogen and oxygen atoms in total. The fraction of sp³-hybridized carbons (Fsp3) is 0.469. The van der Waals surface area contributed by atoms with Gasteiger partial charge < -0.3 is 42.0 Å². The summed E-state index contributed by atoms with van der Waals surface area (Å²) >= 11 is 0. The fourth-order valence-corrected chi connectivity index (χ4v) is 5.49. The summed E-state index contributed by atoms with van der Waals surface area (Å²) in [6, 6.07) is 5.37. The van der Waals surface area contributed by atoms with E-state index in [2.05, 4.69) is 47.8 Å². The Morgan fingerprint density at radius 3 is 2.66 bits per heavy atom. The second-order valence-corrected chi connectivity index (χ2v) is 12.5. The van der Waals surface area contributed by atoms with E-state index in [9.17, 15) is 24.6 Å². The number of nitrogens with one attached hydrogen (secondary N) is 2. The molecule has 1 aliphatic carbocycles. The van der Waals surface area contributed by atoms with Gasteiger partial charge in [0.2, 0.25) is 11.9 Å². The second-order valence-electron chi connectivity index (χ2n) is 12.5. The molecule has 1 saturated carbocycles. The van der Waals surface area contributed by atoms with Crippen LogP contribution in [0.1, 0.15) is 54.4 Å². The standard InChI is InChI=1S/C32H42N12O6/c1-32(14-20(32)18-45)24-17-44(42-41-24)11-13-50-12-3-10-35-25(46)9-8-23(30(48)49)38-29(47)19-4-6-22(7-5-19)43(2)16-21-15-36-28-26(37-21)27(33)39-31(34)40-28/h4-7,15,17,20,23,45H,3,8-14,16,18H2,1-2H3,(H,35,46)(H,38,47)(H,48,49)(H4,33,34,36,39,40). The summed E-state index contributed by atoms with van der Waals surface area (Å²) in [6.45, 7) is 4.34. The van der Waals surface area contributed by atoms with Gasteiger partial charge in [0.25, 0.3) is 5.91 Å². The number of ether oxygens (including phenoxy) is 1.